The van der Waals surface area contributed by atoms with E-state index in [0.29, 0.717) is 25.4 Å². The number of hydrogen-bond donors (Lipinski definition) is 2. The average Bonchev–Trinajstić information content (AvgIpc) is 2.71. The number of anilines is 1. The maximum Gasteiger partial charge on any atom is 0.335 e. The standard InChI is InChI=1S/C14H16O5.C7H9NO/c1-2-13(15)19-10-4-3-9-18-12-7-5-11(6-8-12)14(16)17;1-9-7-4-2-6(8)3-5-7/h2,5-8H,1,3-4,9-10H2,(H,16,17);2-5H,8H2,1H3. The lowest BCUT2D eigenvalue weighted by atomic mass is 10.2. The van der Waals surface area contributed by atoms with Crippen LogP contribution in [0.4, 0.5) is 5.69 Å². The molecule has 0 fully saturated rings. The van der Waals surface area contributed by atoms with Gasteiger partial charge in [-0.15, -0.1) is 0 Å². The van der Waals surface area contributed by atoms with Crippen LogP contribution < -0.4 is 15.2 Å². The highest BCUT2D eigenvalue weighted by atomic mass is 16.5. The fourth-order valence-corrected chi connectivity index (χ4v) is 1.92. The molecule has 0 amide bonds. The largest absolute Gasteiger partial charge is 0.497 e. The summed E-state index contributed by atoms with van der Waals surface area (Å²) < 4.78 is 15.1. The molecule has 7 heteroatoms. The van der Waals surface area contributed by atoms with Crippen molar-refractivity contribution >= 4 is 17.6 Å². The van der Waals surface area contributed by atoms with Gasteiger partial charge in [0.05, 0.1) is 25.9 Å². The van der Waals surface area contributed by atoms with E-state index in [9.17, 15) is 9.59 Å². The molecule has 0 radical (unpaired) electrons. The first-order valence-electron chi connectivity index (χ1n) is 8.61. The molecule has 0 aliphatic rings. The molecule has 0 saturated heterocycles. The van der Waals surface area contributed by atoms with Gasteiger partial charge in [-0.05, 0) is 61.4 Å². The van der Waals surface area contributed by atoms with Crippen LogP contribution in [0.15, 0.2) is 61.2 Å². The van der Waals surface area contributed by atoms with E-state index in [1.54, 1.807) is 31.4 Å². The molecule has 150 valence electrons. The van der Waals surface area contributed by atoms with Crippen LogP contribution in [-0.2, 0) is 9.53 Å². The Morgan fingerprint density at radius 3 is 2.11 bits per heavy atom. The Morgan fingerprint density at radius 1 is 1.00 bits per heavy atom. The minimum atomic E-state index is -0.962. The molecular weight excluding hydrogens is 362 g/mol. The Balaban J connectivity index is 0.000000362. The Bertz CT molecular complexity index is 740. The van der Waals surface area contributed by atoms with Crippen LogP contribution in [0.2, 0.25) is 0 Å². The van der Waals surface area contributed by atoms with Crippen LogP contribution in [-0.4, -0.2) is 37.4 Å². The summed E-state index contributed by atoms with van der Waals surface area (Å²) in [5.74, 6) is 0.0676. The highest BCUT2D eigenvalue weighted by Gasteiger charge is 2.02. The minimum absolute atomic E-state index is 0.226. The number of aromatic carboxylic acids is 1. The number of carbonyl (C=O) groups excluding carboxylic acids is 1. The summed E-state index contributed by atoms with van der Waals surface area (Å²) in [7, 11) is 1.63. The number of ether oxygens (including phenoxy) is 3. The number of carboxylic acids is 1. The van der Waals surface area contributed by atoms with Crippen molar-refractivity contribution in [3.05, 3.63) is 66.7 Å². The van der Waals surface area contributed by atoms with Gasteiger partial charge in [0, 0.05) is 11.8 Å². The second-order valence-electron chi connectivity index (χ2n) is 5.53. The fraction of sp³-hybridized carbons (Fsp3) is 0.238. The zero-order valence-corrected chi connectivity index (χ0v) is 15.8. The summed E-state index contributed by atoms with van der Waals surface area (Å²) in [5, 5.41) is 8.72. The molecule has 0 aliphatic carbocycles. The van der Waals surface area contributed by atoms with Crippen molar-refractivity contribution in [2.24, 2.45) is 0 Å². The molecule has 2 rings (SSSR count). The maximum atomic E-state index is 10.7. The van der Waals surface area contributed by atoms with Gasteiger partial charge in [-0.2, -0.15) is 0 Å². The summed E-state index contributed by atoms with van der Waals surface area (Å²) in [6.07, 6.45) is 2.57. The van der Waals surface area contributed by atoms with Crippen molar-refractivity contribution in [1.29, 1.82) is 0 Å². The molecular formula is C21H25NO6. The predicted molar refractivity (Wildman–Crippen MR) is 107 cm³/mol. The van der Waals surface area contributed by atoms with E-state index in [4.69, 9.17) is 25.1 Å². The molecule has 0 bridgehead atoms. The maximum absolute atomic E-state index is 10.7. The van der Waals surface area contributed by atoms with Gasteiger partial charge in [-0.3, -0.25) is 0 Å². The Kier molecular flexibility index (Phi) is 10.3. The van der Waals surface area contributed by atoms with E-state index in [-0.39, 0.29) is 5.56 Å². The minimum Gasteiger partial charge on any atom is -0.497 e. The Morgan fingerprint density at radius 2 is 1.57 bits per heavy atom. The lowest BCUT2D eigenvalue weighted by Gasteiger charge is -2.06. The van der Waals surface area contributed by atoms with E-state index in [1.807, 2.05) is 12.1 Å². The van der Waals surface area contributed by atoms with E-state index in [1.165, 1.54) is 12.1 Å². The van der Waals surface area contributed by atoms with Crippen molar-refractivity contribution < 1.29 is 28.9 Å². The van der Waals surface area contributed by atoms with Gasteiger partial charge in [0.2, 0.25) is 0 Å². The molecule has 0 aliphatic heterocycles. The van der Waals surface area contributed by atoms with Crippen LogP contribution in [0.1, 0.15) is 23.2 Å². The summed E-state index contributed by atoms with van der Waals surface area (Å²) in [5.41, 5.74) is 6.41. The van der Waals surface area contributed by atoms with E-state index in [2.05, 4.69) is 6.58 Å². The summed E-state index contributed by atoms with van der Waals surface area (Å²) in [6.45, 7) is 4.12. The quantitative estimate of drug-likeness (QED) is 0.293. The van der Waals surface area contributed by atoms with Crippen LogP contribution >= 0.6 is 0 Å². The zero-order chi connectivity index (χ0) is 20.8. The number of nitrogen functional groups attached to an aromatic ring is 1. The van der Waals surface area contributed by atoms with E-state index < -0.39 is 11.9 Å². The van der Waals surface area contributed by atoms with Gasteiger partial charge in [0.15, 0.2) is 0 Å². The molecule has 2 aromatic carbocycles. The Hall–Kier alpha value is -3.48. The molecule has 0 spiro atoms. The highest BCUT2D eigenvalue weighted by Crippen LogP contribution is 2.13. The van der Waals surface area contributed by atoms with Gasteiger partial charge >= 0.3 is 11.9 Å². The first-order valence-corrected chi connectivity index (χ1v) is 8.61. The summed E-state index contributed by atoms with van der Waals surface area (Å²) in [6, 6.07) is 13.5. The average molecular weight is 387 g/mol. The molecule has 7 nitrogen and oxygen atoms in total. The van der Waals surface area contributed by atoms with Crippen LogP contribution in [0.3, 0.4) is 0 Å². The fourth-order valence-electron chi connectivity index (χ4n) is 1.92. The van der Waals surface area contributed by atoms with Crippen LogP contribution in [0.5, 0.6) is 11.5 Å². The third kappa shape index (κ3) is 9.28. The lowest BCUT2D eigenvalue weighted by molar-refractivity contribution is -0.137. The molecule has 0 heterocycles. The van der Waals surface area contributed by atoms with Gasteiger partial charge in [0.25, 0.3) is 0 Å². The number of rotatable bonds is 9. The Labute approximate surface area is 164 Å². The molecule has 0 aromatic heterocycles. The number of hydrogen-bond acceptors (Lipinski definition) is 6. The normalized spacial score (nSPS) is 9.46. The highest BCUT2D eigenvalue weighted by molar-refractivity contribution is 5.87. The SMILES string of the molecule is C=CC(=O)OCCCCOc1ccc(C(=O)O)cc1.COc1ccc(N)cc1. The first kappa shape index (κ1) is 22.6. The van der Waals surface area contributed by atoms with E-state index in [0.717, 1.165) is 23.9 Å². The van der Waals surface area contributed by atoms with Crippen molar-refractivity contribution in [1.82, 2.24) is 0 Å². The number of nitrogens with two attached hydrogens (primary N) is 1. The molecule has 0 atom stereocenters. The van der Waals surface area contributed by atoms with Gasteiger partial charge in [0.1, 0.15) is 11.5 Å². The topological polar surface area (TPSA) is 108 Å². The van der Waals surface area contributed by atoms with Gasteiger partial charge in [-0.25, -0.2) is 9.59 Å². The summed E-state index contributed by atoms with van der Waals surface area (Å²) >= 11 is 0. The molecule has 28 heavy (non-hydrogen) atoms. The van der Waals surface area contributed by atoms with Crippen LogP contribution in [0, 0.1) is 0 Å². The van der Waals surface area contributed by atoms with Crippen LogP contribution in [0.25, 0.3) is 0 Å². The smallest absolute Gasteiger partial charge is 0.335 e. The molecule has 0 unspecified atom stereocenters. The monoisotopic (exact) mass is 387 g/mol. The zero-order valence-electron chi connectivity index (χ0n) is 15.8. The third-order valence-electron chi connectivity index (χ3n) is 3.44. The number of esters is 1. The van der Waals surface area contributed by atoms with Crippen molar-refractivity contribution in [2.75, 3.05) is 26.1 Å². The van der Waals surface area contributed by atoms with E-state index >= 15 is 0 Å². The van der Waals surface area contributed by atoms with Gasteiger partial charge in [-0.1, -0.05) is 6.58 Å². The number of carbonyl (C=O) groups is 2. The number of benzene rings is 2. The lowest BCUT2D eigenvalue weighted by Crippen LogP contribution is -2.04. The first-order chi connectivity index (χ1) is 13.5. The molecule has 0 saturated carbocycles. The molecule has 2 aromatic rings. The predicted octanol–water partition coefficient (Wildman–Crippen LogP) is 3.55. The number of carboxylic acid groups (broad SMARTS) is 1. The van der Waals surface area contributed by atoms with Gasteiger partial charge < -0.3 is 25.1 Å². The van der Waals surface area contributed by atoms with Crippen molar-refractivity contribution in [2.45, 2.75) is 12.8 Å². The third-order valence-corrected chi connectivity index (χ3v) is 3.44. The second-order valence-corrected chi connectivity index (χ2v) is 5.53. The molecule has 3 N–H and O–H groups in total. The van der Waals surface area contributed by atoms with Crippen molar-refractivity contribution in [3.8, 4) is 11.5 Å². The summed E-state index contributed by atoms with van der Waals surface area (Å²) in [4.78, 5) is 21.4. The second kappa shape index (κ2) is 12.8. The number of unbranched alkanes of at least 4 members (excludes halogenated alkanes) is 1. The number of methoxy groups -OCH3 is 1. The van der Waals surface area contributed by atoms with Crippen molar-refractivity contribution in [3.63, 3.8) is 0 Å².